The maximum atomic E-state index is 11.3. The Morgan fingerprint density at radius 1 is 0.676 bits per heavy atom. The first-order valence-electron chi connectivity index (χ1n) is 14.2. The van der Waals surface area contributed by atoms with Crippen molar-refractivity contribution in [1.82, 2.24) is 4.98 Å². The van der Waals surface area contributed by atoms with E-state index in [0.29, 0.717) is 11.1 Å². The summed E-state index contributed by atoms with van der Waals surface area (Å²) in [7, 11) is 0. The number of carboxylic acids is 2. The van der Waals surface area contributed by atoms with Gasteiger partial charge in [-0.2, -0.15) is 0 Å². The average molecular weight is 512 g/mol. The first kappa shape index (κ1) is 30.3. The van der Waals surface area contributed by atoms with Crippen molar-refractivity contribution in [3.8, 4) is 16.9 Å². The third-order valence-electron chi connectivity index (χ3n) is 6.74. The Kier molecular flexibility index (Phi) is 14.4. The largest absolute Gasteiger partial charge is 0.490 e. The molecule has 204 valence electrons. The van der Waals surface area contributed by atoms with Gasteiger partial charge in [0.05, 0.1) is 6.10 Å². The Hall–Kier alpha value is -2.89. The molecule has 1 aromatic heterocycles. The molecule has 0 radical (unpaired) electrons. The van der Waals surface area contributed by atoms with Gasteiger partial charge in [0.25, 0.3) is 0 Å². The van der Waals surface area contributed by atoms with E-state index in [-0.39, 0.29) is 17.5 Å². The molecule has 2 N–H and O–H groups in total. The summed E-state index contributed by atoms with van der Waals surface area (Å²) in [4.78, 5) is 26.4. The van der Waals surface area contributed by atoms with E-state index in [1.165, 1.54) is 89.2 Å². The molecule has 37 heavy (non-hydrogen) atoms. The van der Waals surface area contributed by atoms with Crippen molar-refractivity contribution in [1.29, 1.82) is 0 Å². The highest BCUT2D eigenvalue weighted by atomic mass is 16.5. The fraction of sp³-hybridized carbons (Fsp3) is 0.581. The number of pyridine rings is 1. The molecule has 0 saturated carbocycles. The summed E-state index contributed by atoms with van der Waals surface area (Å²) in [6.07, 6.45) is 19.3. The number of ether oxygens (including phenoxy) is 1. The van der Waals surface area contributed by atoms with Crippen LogP contribution in [0.3, 0.4) is 0 Å². The summed E-state index contributed by atoms with van der Waals surface area (Å²) < 4.78 is 6.27. The second-order valence-electron chi connectivity index (χ2n) is 9.97. The topological polar surface area (TPSA) is 96.7 Å². The lowest BCUT2D eigenvalue weighted by molar-refractivity contribution is 0.0685. The SMILES string of the molecule is CCCCCCCCCCCCCCC(CCC)Oc1ccc(-c2cc(C(=O)O)nc(C(=O)O)c2)cc1. The molecule has 0 amide bonds. The van der Waals surface area contributed by atoms with Crippen LogP contribution in [0.15, 0.2) is 36.4 Å². The monoisotopic (exact) mass is 511 g/mol. The van der Waals surface area contributed by atoms with E-state index in [4.69, 9.17) is 4.74 Å². The van der Waals surface area contributed by atoms with E-state index in [2.05, 4.69) is 18.8 Å². The van der Waals surface area contributed by atoms with Crippen LogP contribution in [0.1, 0.15) is 131 Å². The molecule has 0 bridgehead atoms. The summed E-state index contributed by atoms with van der Waals surface area (Å²) in [5, 5.41) is 18.5. The van der Waals surface area contributed by atoms with E-state index < -0.39 is 11.9 Å². The third-order valence-corrected chi connectivity index (χ3v) is 6.74. The average Bonchev–Trinajstić information content (AvgIpc) is 2.89. The van der Waals surface area contributed by atoms with Crippen LogP contribution in [0, 0.1) is 0 Å². The Morgan fingerprint density at radius 2 is 1.16 bits per heavy atom. The van der Waals surface area contributed by atoms with Gasteiger partial charge in [-0.05, 0) is 54.7 Å². The molecule has 0 fully saturated rings. The molecule has 6 heteroatoms. The van der Waals surface area contributed by atoms with E-state index in [1.54, 1.807) is 0 Å². The molecule has 1 unspecified atom stereocenters. The lowest BCUT2D eigenvalue weighted by Crippen LogP contribution is -2.16. The molecule has 0 aliphatic carbocycles. The van der Waals surface area contributed by atoms with Crippen LogP contribution in [0.4, 0.5) is 0 Å². The molecule has 0 aliphatic heterocycles. The molecular weight excluding hydrogens is 466 g/mol. The first-order valence-corrected chi connectivity index (χ1v) is 14.2. The minimum atomic E-state index is -1.26. The molecule has 1 heterocycles. The Bertz CT molecular complexity index is 909. The van der Waals surface area contributed by atoms with Gasteiger partial charge in [-0.3, -0.25) is 0 Å². The molecule has 6 nitrogen and oxygen atoms in total. The molecule has 2 rings (SSSR count). The van der Waals surface area contributed by atoms with Gasteiger partial charge >= 0.3 is 11.9 Å². The standard InChI is InChI=1S/C31H45NO5/c1-3-5-6-7-8-9-10-11-12-13-14-15-17-26(16-4-2)37-27-20-18-24(19-21-27)25-22-28(30(33)34)32-29(23-25)31(35)36/h18-23,26H,3-17H2,1-2H3,(H,33,34)(H,35,36). The highest BCUT2D eigenvalue weighted by Crippen LogP contribution is 2.26. The van der Waals surface area contributed by atoms with Crippen molar-refractivity contribution >= 4 is 11.9 Å². The fourth-order valence-corrected chi connectivity index (χ4v) is 4.63. The number of hydrogen-bond acceptors (Lipinski definition) is 4. The van der Waals surface area contributed by atoms with Crippen LogP contribution in [0.2, 0.25) is 0 Å². The van der Waals surface area contributed by atoms with Gasteiger partial charge in [-0.15, -0.1) is 0 Å². The second-order valence-corrected chi connectivity index (χ2v) is 9.97. The quantitative estimate of drug-likeness (QED) is 0.172. The molecule has 0 aliphatic rings. The van der Waals surface area contributed by atoms with Gasteiger partial charge in [0.2, 0.25) is 0 Å². The van der Waals surface area contributed by atoms with Crippen molar-refractivity contribution in [3.05, 3.63) is 47.8 Å². The van der Waals surface area contributed by atoms with Crippen LogP contribution in [0.5, 0.6) is 5.75 Å². The van der Waals surface area contributed by atoms with Gasteiger partial charge < -0.3 is 14.9 Å². The summed E-state index contributed by atoms with van der Waals surface area (Å²) in [6, 6.07) is 10.2. The van der Waals surface area contributed by atoms with E-state index in [1.807, 2.05) is 24.3 Å². The molecule has 1 atom stereocenters. The zero-order valence-electron chi connectivity index (χ0n) is 22.7. The van der Waals surface area contributed by atoms with E-state index in [0.717, 1.165) is 25.0 Å². The van der Waals surface area contributed by atoms with Crippen LogP contribution in [-0.4, -0.2) is 33.2 Å². The normalized spacial score (nSPS) is 11.8. The minimum Gasteiger partial charge on any atom is -0.490 e. The highest BCUT2D eigenvalue weighted by Gasteiger charge is 2.15. The Balaban J connectivity index is 1.78. The second kappa shape index (κ2) is 17.5. The third kappa shape index (κ3) is 11.8. The predicted molar refractivity (Wildman–Crippen MR) is 149 cm³/mol. The van der Waals surface area contributed by atoms with Gasteiger partial charge in [0, 0.05) is 0 Å². The maximum absolute atomic E-state index is 11.3. The van der Waals surface area contributed by atoms with Crippen molar-refractivity contribution in [2.45, 2.75) is 116 Å². The number of hydrogen-bond donors (Lipinski definition) is 2. The van der Waals surface area contributed by atoms with Crippen LogP contribution in [0.25, 0.3) is 11.1 Å². The number of carbonyl (C=O) groups is 2. The zero-order valence-corrected chi connectivity index (χ0v) is 22.7. The van der Waals surface area contributed by atoms with Gasteiger partial charge in [-0.25, -0.2) is 14.6 Å². The molecule has 2 aromatic rings. The number of aromatic carboxylic acids is 2. The number of nitrogens with zero attached hydrogens (tertiary/aromatic N) is 1. The van der Waals surface area contributed by atoms with Crippen molar-refractivity contribution in [3.63, 3.8) is 0 Å². The van der Waals surface area contributed by atoms with E-state index in [9.17, 15) is 19.8 Å². The molecular formula is C31H45NO5. The van der Waals surface area contributed by atoms with Crippen molar-refractivity contribution < 1.29 is 24.5 Å². The highest BCUT2D eigenvalue weighted by molar-refractivity contribution is 5.92. The Labute approximate surface area is 222 Å². The molecule has 1 aromatic carbocycles. The number of benzene rings is 1. The summed E-state index contributed by atoms with van der Waals surface area (Å²) in [6.45, 7) is 4.44. The van der Waals surface area contributed by atoms with Crippen LogP contribution in [-0.2, 0) is 0 Å². The van der Waals surface area contributed by atoms with Crippen molar-refractivity contribution in [2.24, 2.45) is 0 Å². The number of carboxylic acid groups (broad SMARTS) is 2. The fourth-order valence-electron chi connectivity index (χ4n) is 4.63. The Morgan fingerprint density at radius 3 is 1.62 bits per heavy atom. The summed E-state index contributed by atoms with van der Waals surface area (Å²) >= 11 is 0. The van der Waals surface area contributed by atoms with Gasteiger partial charge in [-0.1, -0.05) is 103 Å². The van der Waals surface area contributed by atoms with E-state index >= 15 is 0 Å². The lowest BCUT2D eigenvalue weighted by Gasteiger charge is -2.19. The van der Waals surface area contributed by atoms with Crippen LogP contribution >= 0.6 is 0 Å². The summed E-state index contributed by atoms with van der Waals surface area (Å²) in [5.41, 5.74) is 0.631. The van der Waals surface area contributed by atoms with Gasteiger partial charge in [0.15, 0.2) is 0 Å². The van der Waals surface area contributed by atoms with Crippen molar-refractivity contribution in [2.75, 3.05) is 0 Å². The molecule has 0 spiro atoms. The number of unbranched alkanes of at least 4 members (excludes halogenated alkanes) is 11. The number of rotatable bonds is 20. The smallest absolute Gasteiger partial charge is 0.354 e. The number of aromatic nitrogens is 1. The van der Waals surface area contributed by atoms with Crippen LogP contribution < -0.4 is 4.74 Å². The van der Waals surface area contributed by atoms with Gasteiger partial charge in [0.1, 0.15) is 17.1 Å². The molecule has 0 saturated heterocycles. The lowest BCUT2D eigenvalue weighted by atomic mass is 10.0. The predicted octanol–water partition coefficient (Wildman–Crippen LogP) is 8.78. The minimum absolute atomic E-state index is 0.178. The summed E-state index contributed by atoms with van der Waals surface area (Å²) in [5.74, 6) is -1.75. The zero-order chi connectivity index (χ0) is 26.9. The first-order chi connectivity index (χ1) is 17.9. The maximum Gasteiger partial charge on any atom is 0.354 e.